The lowest BCUT2D eigenvalue weighted by Gasteiger charge is -2.23. The van der Waals surface area contributed by atoms with Crippen molar-refractivity contribution >= 4 is 51.8 Å². The predicted octanol–water partition coefficient (Wildman–Crippen LogP) is 1.95. The monoisotopic (exact) mass is 677 g/mol. The average molecular weight is 679 g/mol. The molecule has 15 heteroatoms. The van der Waals surface area contributed by atoms with Crippen molar-refractivity contribution in [2.45, 2.75) is 64.3 Å². The lowest BCUT2D eigenvalue weighted by molar-refractivity contribution is -0.129. The Morgan fingerprint density at radius 3 is 2.16 bits per heavy atom. The van der Waals surface area contributed by atoms with Gasteiger partial charge in [0.15, 0.2) is 0 Å². The third kappa shape index (κ3) is 13.5. The highest BCUT2D eigenvalue weighted by Gasteiger charge is 2.26. The summed E-state index contributed by atoms with van der Waals surface area (Å²) in [5.74, 6) is -2.83. The number of amides is 5. The molecule has 7 N–H and O–H groups in total. The smallest absolute Gasteiger partial charge is 0.444 e. The van der Waals surface area contributed by atoms with Crippen LogP contribution in [0.15, 0.2) is 53.0 Å². The van der Waals surface area contributed by atoms with Gasteiger partial charge in [-0.15, -0.1) is 0 Å². The fourth-order valence-corrected chi connectivity index (χ4v) is 3.97. The molecule has 2 aromatic carbocycles. The second-order valence-electron chi connectivity index (χ2n) is 10.5. The number of benzene rings is 2. The van der Waals surface area contributed by atoms with Crippen molar-refractivity contribution in [3.8, 4) is 5.75 Å². The molecular weight excluding hydrogens is 642 g/mol. The first-order valence-electron chi connectivity index (χ1n) is 13.4. The average Bonchev–Trinajstić information content (AvgIpc) is 2.93. The lowest BCUT2D eigenvalue weighted by Crippen LogP contribution is -2.52. The second kappa shape index (κ2) is 16.8. The standard InChI is InChI=1S/C29H36BrN5O9/c1-29(2,3)44-27(40)35-21(12-13-23(31)36)26(39)33-15-24(37)34-22(25(32)38)14-17-8-10-19(11-9-17)43-28(41)42-16-18-6-4-5-7-20(18)30/h4-11,21-22H,12-16H2,1-3H3,(H2,31,36)(H2,32,38)(H,33,39)(H,34,37)(H,35,40)/t21-,22-/m0/s1. The van der Waals surface area contributed by atoms with Gasteiger partial charge in [-0.3, -0.25) is 19.2 Å². The molecule has 0 aliphatic carbocycles. The summed E-state index contributed by atoms with van der Waals surface area (Å²) in [5.41, 5.74) is 11.1. The number of primary amides is 2. The maximum absolute atomic E-state index is 12.7. The minimum Gasteiger partial charge on any atom is -0.444 e. The van der Waals surface area contributed by atoms with Crippen molar-refractivity contribution in [2.24, 2.45) is 11.5 Å². The molecule has 2 aromatic rings. The Hall–Kier alpha value is -4.66. The maximum atomic E-state index is 12.7. The number of hydrogen-bond acceptors (Lipinski definition) is 9. The van der Waals surface area contributed by atoms with Gasteiger partial charge in [0.05, 0.1) is 6.54 Å². The first-order chi connectivity index (χ1) is 20.6. The van der Waals surface area contributed by atoms with E-state index in [-0.39, 0.29) is 31.6 Å². The Bertz CT molecular complexity index is 1350. The number of carbonyl (C=O) groups excluding carboxylic acids is 6. The first kappa shape index (κ1) is 35.5. The number of ether oxygens (including phenoxy) is 3. The zero-order valence-electron chi connectivity index (χ0n) is 24.5. The van der Waals surface area contributed by atoms with Crippen molar-refractivity contribution in [2.75, 3.05) is 6.54 Å². The van der Waals surface area contributed by atoms with Crippen LogP contribution in [0, 0.1) is 0 Å². The van der Waals surface area contributed by atoms with Crippen LogP contribution in [0.25, 0.3) is 0 Å². The van der Waals surface area contributed by atoms with Gasteiger partial charge in [-0.05, 0) is 51.0 Å². The van der Waals surface area contributed by atoms with E-state index >= 15 is 0 Å². The lowest BCUT2D eigenvalue weighted by atomic mass is 10.1. The number of carbonyl (C=O) groups is 6. The van der Waals surface area contributed by atoms with Crippen LogP contribution in [0.4, 0.5) is 9.59 Å². The molecule has 14 nitrogen and oxygen atoms in total. The van der Waals surface area contributed by atoms with E-state index in [4.69, 9.17) is 25.7 Å². The van der Waals surface area contributed by atoms with E-state index < -0.39 is 60.1 Å². The molecule has 0 aliphatic rings. The Morgan fingerprint density at radius 1 is 0.909 bits per heavy atom. The van der Waals surface area contributed by atoms with Gasteiger partial charge in [0.1, 0.15) is 30.0 Å². The molecule has 0 aliphatic heterocycles. The van der Waals surface area contributed by atoms with Gasteiger partial charge >= 0.3 is 12.2 Å². The molecule has 238 valence electrons. The highest BCUT2D eigenvalue weighted by Crippen LogP contribution is 2.18. The van der Waals surface area contributed by atoms with Crippen molar-refractivity contribution in [1.29, 1.82) is 0 Å². The van der Waals surface area contributed by atoms with Crippen LogP contribution in [0.1, 0.15) is 44.7 Å². The van der Waals surface area contributed by atoms with E-state index in [1.54, 1.807) is 39.0 Å². The quantitative estimate of drug-likeness (QED) is 0.145. The maximum Gasteiger partial charge on any atom is 0.514 e. The van der Waals surface area contributed by atoms with Crippen LogP contribution in [0.2, 0.25) is 0 Å². The predicted molar refractivity (Wildman–Crippen MR) is 161 cm³/mol. The van der Waals surface area contributed by atoms with Crippen molar-refractivity contribution in [1.82, 2.24) is 16.0 Å². The Balaban J connectivity index is 1.89. The van der Waals surface area contributed by atoms with E-state index in [1.165, 1.54) is 12.1 Å². The van der Waals surface area contributed by atoms with Gasteiger partial charge in [0.25, 0.3) is 0 Å². The van der Waals surface area contributed by atoms with E-state index in [1.807, 2.05) is 18.2 Å². The van der Waals surface area contributed by atoms with Gasteiger partial charge in [-0.1, -0.05) is 46.3 Å². The molecule has 2 rings (SSSR count). The van der Waals surface area contributed by atoms with E-state index in [2.05, 4.69) is 31.9 Å². The fraction of sp³-hybridized carbons (Fsp3) is 0.379. The second-order valence-corrected chi connectivity index (χ2v) is 11.4. The Morgan fingerprint density at radius 2 is 1.57 bits per heavy atom. The molecular formula is C29H36BrN5O9. The number of alkyl carbamates (subject to hydrolysis) is 1. The van der Waals surface area contributed by atoms with Crippen LogP contribution in [-0.4, -0.2) is 60.1 Å². The van der Waals surface area contributed by atoms with Gasteiger partial charge in [-0.25, -0.2) is 9.59 Å². The van der Waals surface area contributed by atoms with Crippen molar-refractivity contribution < 1.29 is 43.0 Å². The van der Waals surface area contributed by atoms with Gasteiger partial charge in [0.2, 0.25) is 23.6 Å². The van der Waals surface area contributed by atoms with Gasteiger partial charge < -0.3 is 41.6 Å². The van der Waals surface area contributed by atoms with Crippen LogP contribution < -0.4 is 32.2 Å². The van der Waals surface area contributed by atoms with Crippen LogP contribution in [0.5, 0.6) is 5.75 Å². The van der Waals surface area contributed by atoms with E-state index in [9.17, 15) is 28.8 Å². The van der Waals surface area contributed by atoms with Crippen molar-refractivity contribution in [3.05, 3.63) is 64.1 Å². The third-order valence-electron chi connectivity index (χ3n) is 5.66. The molecule has 44 heavy (non-hydrogen) atoms. The fourth-order valence-electron chi connectivity index (χ4n) is 3.57. The SMILES string of the molecule is CC(C)(C)OC(=O)N[C@@H](CCC(N)=O)C(=O)NCC(=O)N[C@@H](Cc1ccc(OC(=O)OCc2ccccc2Br)cc1)C(N)=O. The molecule has 0 unspecified atom stereocenters. The number of halogens is 1. The Labute approximate surface area is 262 Å². The van der Waals surface area contributed by atoms with Gasteiger partial charge in [0, 0.05) is 22.9 Å². The van der Waals surface area contributed by atoms with Crippen LogP contribution in [-0.2, 0) is 41.7 Å². The molecule has 5 amide bonds. The number of nitrogens with two attached hydrogens (primary N) is 2. The van der Waals surface area contributed by atoms with E-state index in [0.717, 1.165) is 10.0 Å². The minimum atomic E-state index is -1.21. The third-order valence-corrected chi connectivity index (χ3v) is 6.43. The van der Waals surface area contributed by atoms with Crippen LogP contribution >= 0.6 is 15.9 Å². The molecule has 0 spiro atoms. The summed E-state index contributed by atoms with van der Waals surface area (Å²) >= 11 is 3.37. The summed E-state index contributed by atoms with van der Waals surface area (Å²) in [6.07, 6.45) is -2.14. The number of nitrogens with one attached hydrogen (secondary N) is 3. The largest absolute Gasteiger partial charge is 0.514 e. The highest BCUT2D eigenvalue weighted by molar-refractivity contribution is 9.10. The molecule has 0 saturated carbocycles. The minimum absolute atomic E-state index is 0.00319. The highest BCUT2D eigenvalue weighted by atomic mass is 79.9. The topological polar surface area (TPSA) is 218 Å². The summed E-state index contributed by atoms with van der Waals surface area (Å²) in [4.78, 5) is 72.6. The molecule has 0 heterocycles. The summed E-state index contributed by atoms with van der Waals surface area (Å²) in [5, 5.41) is 7.13. The molecule has 2 atom stereocenters. The summed E-state index contributed by atoms with van der Waals surface area (Å²) in [6, 6.07) is 11.0. The summed E-state index contributed by atoms with van der Waals surface area (Å²) < 4.78 is 16.2. The summed E-state index contributed by atoms with van der Waals surface area (Å²) in [7, 11) is 0. The van der Waals surface area contributed by atoms with Crippen molar-refractivity contribution in [3.63, 3.8) is 0 Å². The molecule has 0 fully saturated rings. The first-order valence-corrected chi connectivity index (χ1v) is 14.2. The normalized spacial score (nSPS) is 12.2. The zero-order valence-corrected chi connectivity index (χ0v) is 26.1. The molecule has 0 radical (unpaired) electrons. The molecule has 0 bridgehead atoms. The Kier molecular flexibility index (Phi) is 13.6. The zero-order chi connectivity index (χ0) is 32.9. The van der Waals surface area contributed by atoms with E-state index in [0.29, 0.717) is 5.56 Å². The van der Waals surface area contributed by atoms with Gasteiger partial charge in [-0.2, -0.15) is 0 Å². The summed E-state index contributed by atoms with van der Waals surface area (Å²) in [6.45, 7) is 4.36. The number of hydrogen-bond donors (Lipinski definition) is 5. The molecule has 0 aromatic heterocycles. The van der Waals surface area contributed by atoms with Crippen LogP contribution in [0.3, 0.4) is 0 Å². The number of rotatable bonds is 14. The molecule has 0 saturated heterocycles.